The van der Waals surface area contributed by atoms with Gasteiger partial charge in [-0.25, -0.2) is 4.98 Å². The van der Waals surface area contributed by atoms with Crippen LogP contribution in [0.1, 0.15) is 39.0 Å². The highest BCUT2D eigenvalue weighted by molar-refractivity contribution is 5.82. The Bertz CT molecular complexity index is 538. The van der Waals surface area contributed by atoms with Crippen molar-refractivity contribution < 1.29 is 4.79 Å². The minimum atomic E-state index is 0.0507. The number of aryl methyl sites for hydroxylation is 1. The highest BCUT2D eigenvalue weighted by atomic mass is 16.2. The third kappa shape index (κ3) is 4.58. The maximum atomic E-state index is 12.8. The van der Waals surface area contributed by atoms with Crippen molar-refractivity contribution in [1.82, 2.24) is 29.9 Å². The second kappa shape index (κ2) is 8.27. The number of carbonyl (C=O) groups excluding carboxylic acids is 1. The average Bonchev–Trinajstić information content (AvgIpc) is 3.23. The molecule has 1 aromatic heterocycles. The van der Waals surface area contributed by atoms with Crippen LogP contribution in [0.3, 0.4) is 0 Å². The van der Waals surface area contributed by atoms with Crippen LogP contribution >= 0.6 is 0 Å². The minimum Gasteiger partial charge on any atom is -0.355 e. The fraction of sp³-hybridized carbons (Fsp3) is 0.833. The summed E-state index contributed by atoms with van der Waals surface area (Å²) >= 11 is 0. The summed E-state index contributed by atoms with van der Waals surface area (Å²) in [5.74, 6) is 0.211. The molecule has 1 amide bonds. The Kier molecular flexibility index (Phi) is 6.06. The molecule has 1 atom stereocenters. The third-order valence-corrected chi connectivity index (χ3v) is 5.80. The van der Waals surface area contributed by atoms with E-state index >= 15 is 0 Å². The molecule has 0 aliphatic carbocycles. The zero-order chi connectivity index (χ0) is 17.7. The van der Waals surface area contributed by atoms with Crippen molar-refractivity contribution in [3.05, 3.63) is 12.7 Å². The van der Waals surface area contributed by atoms with Gasteiger partial charge in [-0.1, -0.05) is 6.92 Å². The number of nitrogens with one attached hydrogen (secondary N) is 1. The third-order valence-electron chi connectivity index (χ3n) is 5.80. The highest BCUT2D eigenvalue weighted by Gasteiger charge is 2.47. The van der Waals surface area contributed by atoms with Crippen LogP contribution in [-0.2, 0) is 11.3 Å². The van der Waals surface area contributed by atoms with E-state index in [2.05, 4.69) is 39.2 Å². The standard InChI is InChI=1S/C18H32N6O/c1-3-8-23-13-18(5-10-22(2)11-6-18)12-16(23)17(25)20-7-4-9-24-15-19-14-21-24/h14-16H,3-13H2,1-2H3,(H,20,25)/t16-/m1/s1. The summed E-state index contributed by atoms with van der Waals surface area (Å²) in [7, 11) is 2.20. The molecule has 7 heteroatoms. The van der Waals surface area contributed by atoms with E-state index in [-0.39, 0.29) is 11.9 Å². The maximum Gasteiger partial charge on any atom is 0.237 e. The van der Waals surface area contributed by atoms with Gasteiger partial charge in [0, 0.05) is 19.6 Å². The van der Waals surface area contributed by atoms with Gasteiger partial charge in [0.25, 0.3) is 0 Å². The summed E-state index contributed by atoms with van der Waals surface area (Å²) in [5.41, 5.74) is 0.352. The van der Waals surface area contributed by atoms with Crippen molar-refractivity contribution in [3.63, 3.8) is 0 Å². The Labute approximate surface area is 150 Å². The van der Waals surface area contributed by atoms with E-state index in [1.165, 1.54) is 12.8 Å². The van der Waals surface area contributed by atoms with E-state index in [9.17, 15) is 4.79 Å². The first-order chi connectivity index (χ1) is 12.1. The summed E-state index contributed by atoms with van der Waals surface area (Å²) < 4.78 is 1.80. The molecule has 1 spiro atoms. The molecule has 2 aliphatic heterocycles. The molecule has 0 unspecified atom stereocenters. The molecular formula is C18H32N6O. The van der Waals surface area contributed by atoms with Crippen molar-refractivity contribution in [2.75, 3.05) is 39.8 Å². The Morgan fingerprint density at radius 3 is 2.80 bits per heavy atom. The quantitative estimate of drug-likeness (QED) is 0.744. The lowest BCUT2D eigenvalue weighted by Crippen LogP contribution is -2.43. The lowest BCUT2D eigenvalue weighted by atomic mass is 9.76. The normalized spacial score (nSPS) is 24.0. The molecule has 0 bridgehead atoms. The largest absolute Gasteiger partial charge is 0.355 e. The Balaban J connectivity index is 1.50. The van der Waals surface area contributed by atoms with Crippen LogP contribution in [0.25, 0.3) is 0 Å². The molecule has 1 aromatic rings. The number of hydrogen-bond acceptors (Lipinski definition) is 5. The van der Waals surface area contributed by atoms with Crippen molar-refractivity contribution >= 4 is 5.91 Å². The van der Waals surface area contributed by atoms with Crippen LogP contribution < -0.4 is 5.32 Å². The number of nitrogens with zero attached hydrogens (tertiary/aromatic N) is 5. The van der Waals surface area contributed by atoms with Gasteiger partial charge in [-0.3, -0.25) is 14.4 Å². The first-order valence-corrected chi connectivity index (χ1v) is 9.65. The van der Waals surface area contributed by atoms with Crippen LogP contribution in [0.15, 0.2) is 12.7 Å². The van der Waals surface area contributed by atoms with Gasteiger partial charge in [0.2, 0.25) is 5.91 Å². The van der Waals surface area contributed by atoms with E-state index in [1.54, 1.807) is 17.3 Å². The molecule has 0 aromatic carbocycles. The second-order valence-corrected chi connectivity index (χ2v) is 7.80. The summed E-state index contributed by atoms with van der Waals surface area (Å²) in [5, 5.41) is 7.24. The summed E-state index contributed by atoms with van der Waals surface area (Å²) in [6, 6.07) is 0.0507. The molecule has 140 valence electrons. The molecule has 0 radical (unpaired) electrons. The molecule has 3 heterocycles. The molecule has 3 rings (SSSR count). The van der Waals surface area contributed by atoms with E-state index in [0.29, 0.717) is 12.0 Å². The van der Waals surface area contributed by atoms with Gasteiger partial charge in [0.15, 0.2) is 0 Å². The van der Waals surface area contributed by atoms with Crippen molar-refractivity contribution in [2.45, 2.75) is 51.6 Å². The van der Waals surface area contributed by atoms with E-state index < -0.39 is 0 Å². The van der Waals surface area contributed by atoms with E-state index in [4.69, 9.17) is 0 Å². The highest BCUT2D eigenvalue weighted by Crippen LogP contribution is 2.43. The number of aromatic nitrogens is 3. The fourth-order valence-corrected chi connectivity index (χ4v) is 4.30. The molecule has 2 saturated heterocycles. The van der Waals surface area contributed by atoms with Crippen LogP contribution in [0.5, 0.6) is 0 Å². The lowest BCUT2D eigenvalue weighted by molar-refractivity contribution is -0.125. The van der Waals surface area contributed by atoms with Crippen LogP contribution in [0, 0.1) is 5.41 Å². The number of hydrogen-bond donors (Lipinski definition) is 1. The zero-order valence-corrected chi connectivity index (χ0v) is 15.7. The Morgan fingerprint density at radius 2 is 2.12 bits per heavy atom. The van der Waals surface area contributed by atoms with E-state index in [0.717, 1.165) is 52.0 Å². The van der Waals surface area contributed by atoms with Crippen molar-refractivity contribution in [1.29, 1.82) is 0 Å². The molecular weight excluding hydrogens is 316 g/mol. The van der Waals surface area contributed by atoms with Crippen LogP contribution in [0.4, 0.5) is 0 Å². The van der Waals surface area contributed by atoms with Gasteiger partial charge < -0.3 is 10.2 Å². The Morgan fingerprint density at radius 1 is 1.32 bits per heavy atom. The first kappa shape index (κ1) is 18.3. The lowest BCUT2D eigenvalue weighted by Gasteiger charge is -2.37. The smallest absolute Gasteiger partial charge is 0.237 e. The number of piperidine rings is 1. The molecule has 7 nitrogen and oxygen atoms in total. The van der Waals surface area contributed by atoms with E-state index in [1.807, 2.05) is 0 Å². The van der Waals surface area contributed by atoms with Gasteiger partial charge in [-0.05, 0) is 64.2 Å². The number of carbonyl (C=O) groups is 1. The summed E-state index contributed by atoms with van der Waals surface area (Å²) in [6.45, 7) is 8.12. The predicted octanol–water partition coefficient (Wildman–Crippen LogP) is 0.981. The number of likely N-dealkylation sites (tertiary alicyclic amines) is 2. The molecule has 2 fully saturated rings. The average molecular weight is 348 g/mol. The van der Waals surface area contributed by atoms with Gasteiger partial charge in [-0.15, -0.1) is 0 Å². The van der Waals surface area contributed by atoms with Crippen LogP contribution in [-0.4, -0.2) is 76.3 Å². The number of amides is 1. The van der Waals surface area contributed by atoms with Crippen molar-refractivity contribution in [2.24, 2.45) is 5.41 Å². The second-order valence-electron chi connectivity index (χ2n) is 7.80. The molecule has 0 saturated carbocycles. The van der Waals surface area contributed by atoms with Gasteiger partial charge in [-0.2, -0.15) is 5.10 Å². The minimum absolute atomic E-state index is 0.0507. The molecule has 1 N–H and O–H groups in total. The molecule has 2 aliphatic rings. The Hall–Kier alpha value is -1.47. The van der Waals surface area contributed by atoms with Gasteiger partial charge in [0.05, 0.1) is 6.04 Å². The van der Waals surface area contributed by atoms with Crippen molar-refractivity contribution in [3.8, 4) is 0 Å². The molecule has 25 heavy (non-hydrogen) atoms. The maximum absolute atomic E-state index is 12.8. The first-order valence-electron chi connectivity index (χ1n) is 9.65. The zero-order valence-electron chi connectivity index (χ0n) is 15.7. The fourth-order valence-electron chi connectivity index (χ4n) is 4.30. The predicted molar refractivity (Wildman–Crippen MR) is 97.1 cm³/mol. The topological polar surface area (TPSA) is 66.3 Å². The number of rotatable bonds is 7. The summed E-state index contributed by atoms with van der Waals surface area (Å²) in [6.07, 6.45) is 8.71. The van der Waals surface area contributed by atoms with Gasteiger partial charge in [0.1, 0.15) is 12.7 Å². The van der Waals surface area contributed by atoms with Gasteiger partial charge >= 0.3 is 0 Å². The monoisotopic (exact) mass is 348 g/mol. The summed E-state index contributed by atoms with van der Waals surface area (Å²) in [4.78, 5) is 21.6. The van der Waals surface area contributed by atoms with Crippen LogP contribution in [0.2, 0.25) is 0 Å². The SMILES string of the molecule is CCCN1CC2(CCN(C)CC2)C[C@@H]1C(=O)NCCCn1cncn1.